The van der Waals surface area contributed by atoms with Crippen LogP contribution in [0, 0.1) is 6.92 Å². The highest BCUT2D eigenvalue weighted by Crippen LogP contribution is 2.12. The fourth-order valence-electron chi connectivity index (χ4n) is 1.27. The maximum absolute atomic E-state index is 2.18. The Balaban J connectivity index is 2.16. The lowest BCUT2D eigenvalue weighted by atomic mass is 10.2. The summed E-state index contributed by atoms with van der Waals surface area (Å²) in [5, 5.41) is 0. The fraction of sp³-hybridized carbons (Fsp3) is 0.0769. The van der Waals surface area contributed by atoms with Crippen molar-refractivity contribution < 1.29 is 0 Å². The van der Waals surface area contributed by atoms with E-state index in [0.29, 0.717) is 0 Å². The SMILES string of the molecule is Cc1ccc([SH+]c2ccccc2)cc1. The van der Waals surface area contributed by atoms with Crippen molar-refractivity contribution in [2.75, 3.05) is 0 Å². The summed E-state index contributed by atoms with van der Waals surface area (Å²) in [5.41, 5.74) is 1.32. The third kappa shape index (κ3) is 2.39. The zero-order valence-electron chi connectivity index (χ0n) is 8.14. The summed E-state index contributed by atoms with van der Waals surface area (Å²) in [6, 6.07) is 19.2. The van der Waals surface area contributed by atoms with Crippen LogP contribution in [-0.2, 0) is 11.8 Å². The molecule has 2 aromatic carbocycles. The number of thiol groups is 1. The minimum Gasteiger partial charge on any atom is -0.0619 e. The van der Waals surface area contributed by atoms with E-state index in [9.17, 15) is 0 Å². The molecule has 0 aromatic heterocycles. The molecule has 0 N–H and O–H groups in total. The smallest absolute Gasteiger partial charge is 0.0619 e. The minimum atomic E-state index is 1.28. The van der Waals surface area contributed by atoms with E-state index in [2.05, 4.69) is 55.5 Å². The molecule has 0 fully saturated rings. The van der Waals surface area contributed by atoms with E-state index in [1.54, 1.807) is 0 Å². The van der Waals surface area contributed by atoms with Crippen LogP contribution < -0.4 is 0 Å². The summed E-state index contributed by atoms with van der Waals surface area (Å²) < 4.78 is 0. The Morgan fingerprint density at radius 2 is 1.29 bits per heavy atom. The third-order valence-electron chi connectivity index (χ3n) is 2.05. The molecule has 0 saturated heterocycles. The van der Waals surface area contributed by atoms with Gasteiger partial charge in [0.1, 0.15) is 0 Å². The van der Waals surface area contributed by atoms with Crippen molar-refractivity contribution in [3.8, 4) is 0 Å². The zero-order valence-corrected chi connectivity index (χ0v) is 9.04. The number of rotatable bonds is 2. The van der Waals surface area contributed by atoms with E-state index < -0.39 is 0 Å². The highest BCUT2D eigenvalue weighted by molar-refractivity contribution is 7.78. The maximum atomic E-state index is 2.18. The van der Waals surface area contributed by atoms with Crippen molar-refractivity contribution in [1.29, 1.82) is 0 Å². The summed E-state index contributed by atoms with van der Waals surface area (Å²) in [6.45, 7) is 2.11. The topological polar surface area (TPSA) is 0 Å². The second-order valence-electron chi connectivity index (χ2n) is 3.28. The van der Waals surface area contributed by atoms with Crippen LogP contribution in [0.2, 0.25) is 0 Å². The van der Waals surface area contributed by atoms with Crippen molar-refractivity contribution in [2.45, 2.75) is 16.7 Å². The molecule has 70 valence electrons. The fourth-order valence-corrected chi connectivity index (χ4v) is 2.19. The molecule has 0 saturated carbocycles. The van der Waals surface area contributed by atoms with Crippen molar-refractivity contribution in [3.63, 3.8) is 0 Å². The first-order valence-corrected chi connectivity index (χ1v) is 5.57. The first kappa shape index (κ1) is 9.35. The van der Waals surface area contributed by atoms with Gasteiger partial charge in [-0.2, -0.15) is 0 Å². The Morgan fingerprint density at radius 3 is 1.93 bits per heavy atom. The van der Waals surface area contributed by atoms with Crippen LogP contribution in [0.15, 0.2) is 64.4 Å². The number of aryl methyl sites for hydroxylation is 1. The molecule has 0 unspecified atom stereocenters. The lowest BCUT2D eigenvalue weighted by Gasteiger charge is -1.93. The normalized spacial score (nSPS) is 10.1. The van der Waals surface area contributed by atoms with Gasteiger partial charge in [-0.1, -0.05) is 35.9 Å². The number of hydrogen-bond donors (Lipinski definition) is 0. The number of hydrogen-bond acceptors (Lipinski definition) is 0. The standard InChI is InChI=1S/C13H12S/c1-11-7-9-13(10-8-11)14-12-5-3-2-4-6-12/h2-10H,1H3/p+1. The predicted molar refractivity (Wildman–Crippen MR) is 62.9 cm³/mol. The van der Waals surface area contributed by atoms with Crippen LogP contribution in [0.1, 0.15) is 5.56 Å². The monoisotopic (exact) mass is 201 g/mol. The first-order chi connectivity index (χ1) is 6.84. The second kappa shape index (κ2) is 4.34. The summed E-state index contributed by atoms with van der Waals surface area (Å²) in [4.78, 5) is 2.69. The van der Waals surface area contributed by atoms with Crippen LogP contribution in [-0.4, -0.2) is 0 Å². The van der Waals surface area contributed by atoms with Gasteiger partial charge in [-0.3, -0.25) is 0 Å². The van der Waals surface area contributed by atoms with Gasteiger partial charge in [0.25, 0.3) is 0 Å². The molecule has 0 aliphatic heterocycles. The minimum absolute atomic E-state index is 1.28. The van der Waals surface area contributed by atoms with Crippen LogP contribution >= 0.6 is 0 Å². The molecule has 1 heteroatoms. The molecule has 0 spiro atoms. The lowest BCUT2D eigenvalue weighted by Crippen LogP contribution is -1.83. The maximum Gasteiger partial charge on any atom is 0.158 e. The highest BCUT2D eigenvalue weighted by Gasteiger charge is 2.04. The Bertz CT molecular complexity index is 389. The Hall–Kier alpha value is -1.21. The molecule has 0 amide bonds. The van der Waals surface area contributed by atoms with Crippen molar-refractivity contribution in [1.82, 2.24) is 0 Å². The van der Waals surface area contributed by atoms with Gasteiger partial charge in [-0.25, -0.2) is 0 Å². The number of benzene rings is 2. The molecule has 2 rings (SSSR count). The molecule has 0 bridgehead atoms. The average Bonchev–Trinajstić information content (AvgIpc) is 2.23. The molecule has 0 aliphatic carbocycles. The molecule has 0 aliphatic rings. The van der Waals surface area contributed by atoms with E-state index in [1.165, 1.54) is 27.1 Å². The van der Waals surface area contributed by atoms with Crippen LogP contribution in [0.3, 0.4) is 0 Å². The molecular weight excluding hydrogens is 188 g/mol. The first-order valence-electron chi connectivity index (χ1n) is 4.68. The molecule has 14 heavy (non-hydrogen) atoms. The van der Waals surface area contributed by atoms with Gasteiger partial charge in [0, 0.05) is 11.8 Å². The molecule has 0 nitrogen and oxygen atoms in total. The van der Waals surface area contributed by atoms with Gasteiger partial charge in [0.15, 0.2) is 9.79 Å². The third-order valence-corrected chi connectivity index (χ3v) is 3.16. The molecule has 0 heterocycles. The van der Waals surface area contributed by atoms with Gasteiger partial charge in [-0.15, -0.1) is 0 Å². The van der Waals surface area contributed by atoms with Gasteiger partial charge in [0.05, 0.1) is 0 Å². The molecule has 0 atom stereocenters. The quantitative estimate of drug-likeness (QED) is 0.517. The van der Waals surface area contributed by atoms with Gasteiger partial charge in [0.2, 0.25) is 0 Å². The Kier molecular flexibility index (Phi) is 2.90. The summed E-state index contributed by atoms with van der Waals surface area (Å²) in [7, 11) is 0. The van der Waals surface area contributed by atoms with E-state index in [1.807, 2.05) is 6.07 Å². The molecular formula is C13H13S+. The van der Waals surface area contributed by atoms with Crippen molar-refractivity contribution >= 4 is 11.8 Å². The highest BCUT2D eigenvalue weighted by atomic mass is 32.2. The summed E-state index contributed by atoms with van der Waals surface area (Å²) in [5.74, 6) is 0. The molecule has 2 aromatic rings. The van der Waals surface area contributed by atoms with E-state index in [0.717, 1.165) is 0 Å². The predicted octanol–water partition coefficient (Wildman–Crippen LogP) is 3.23. The van der Waals surface area contributed by atoms with Gasteiger partial charge >= 0.3 is 0 Å². The van der Waals surface area contributed by atoms with Gasteiger partial charge in [-0.05, 0) is 31.2 Å². The van der Waals surface area contributed by atoms with Crippen LogP contribution in [0.5, 0.6) is 0 Å². The Labute approximate surface area is 89.0 Å². The van der Waals surface area contributed by atoms with E-state index >= 15 is 0 Å². The van der Waals surface area contributed by atoms with Gasteiger partial charge < -0.3 is 0 Å². The van der Waals surface area contributed by atoms with Crippen molar-refractivity contribution in [3.05, 3.63) is 60.2 Å². The van der Waals surface area contributed by atoms with E-state index in [4.69, 9.17) is 0 Å². The van der Waals surface area contributed by atoms with Crippen molar-refractivity contribution in [2.24, 2.45) is 0 Å². The Morgan fingerprint density at radius 1 is 0.714 bits per heavy atom. The lowest BCUT2D eigenvalue weighted by molar-refractivity contribution is 1.36. The second-order valence-corrected chi connectivity index (χ2v) is 4.54. The summed E-state index contributed by atoms with van der Waals surface area (Å²) >= 11 is 1.28. The van der Waals surface area contributed by atoms with Crippen LogP contribution in [0.25, 0.3) is 0 Å². The average molecular weight is 201 g/mol. The van der Waals surface area contributed by atoms with Crippen LogP contribution in [0.4, 0.5) is 0 Å². The zero-order chi connectivity index (χ0) is 9.80. The van der Waals surface area contributed by atoms with E-state index in [-0.39, 0.29) is 0 Å². The summed E-state index contributed by atoms with van der Waals surface area (Å²) in [6.07, 6.45) is 0. The largest absolute Gasteiger partial charge is 0.158 e. The molecule has 0 radical (unpaired) electrons.